The van der Waals surface area contributed by atoms with Gasteiger partial charge in [-0.25, -0.2) is 0 Å². The molecule has 3 aromatic carbocycles. The number of carbonyl (C=O) groups excluding carboxylic acids is 2. The van der Waals surface area contributed by atoms with Crippen molar-refractivity contribution in [3.8, 4) is 0 Å². The third-order valence-corrected chi connectivity index (χ3v) is 7.38. The van der Waals surface area contributed by atoms with E-state index >= 15 is 0 Å². The molecule has 2 amide bonds. The van der Waals surface area contributed by atoms with Crippen molar-refractivity contribution in [1.82, 2.24) is 0 Å². The highest BCUT2D eigenvalue weighted by Crippen LogP contribution is 2.34. The molecule has 0 atom stereocenters. The SMILES string of the molecule is Cc1cc(Cl)ccc1C(=O)Nc1ccc(C(=O)N2Cc3sccc3Cc3ccccc32)c(C)c1. The Morgan fingerprint density at radius 1 is 0.912 bits per heavy atom. The van der Waals surface area contributed by atoms with Gasteiger partial charge in [-0.15, -0.1) is 11.3 Å². The highest BCUT2D eigenvalue weighted by molar-refractivity contribution is 7.10. The van der Waals surface area contributed by atoms with Crippen molar-refractivity contribution in [3.63, 3.8) is 0 Å². The number of benzene rings is 3. The molecular weight excluding hydrogens is 464 g/mol. The molecule has 6 heteroatoms. The number of carbonyl (C=O) groups is 2. The standard InChI is InChI=1S/C28H23ClN2O2S/c1-17-13-21(29)7-9-23(17)27(32)30-22-8-10-24(18(2)14-22)28(33)31-16-26-20(11-12-34-26)15-19-5-3-4-6-25(19)31/h3-14H,15-16H2,1-2H3,(H,30,32). The van der Waals surface area contributed by atoms with E-state index in [4.69, 9.17) is 11.6 Å². The van der Waals surface area contributed by atoms with Crippen molar-refractivity contribution in [2.75, 3.05) is 10.2 Å². The second-order valence-electron chi connectivity index (χ2n) is 8.51. The molecule has 4 nitrogen and oxygen atoms in total. The molecule has 0 fully saturated rings. The minimum Gasteiger partial charge on any atom is -0.322 e. The number of anilines is 2. The van der Waals surface area contributed by atoms with Crippen LogP contribution in [0, 0.1) is 13.8 Å². The molecule has 34 heavy (non-hydrogen) atoms. The minimum atomic E-state index is -0.209. The zero-order chi connectivity index (χ0) is 23.8. The molecule has 0 saturated carbocycles. The fraction of sp³-hybridized carbons (Fsp3) is 0.143. The first-order valence-electron chi connectivity index (χ1n) is 11.0. The van der Waals surface area contributed by atoms with Gasteiger partial charge in [0.15, 0.2) is 0 Å². The lowest BCUT2D eigenvalue weighted by molar-refractivity contribution is 0.0983. The first-order valence-corrected chi connectivity index (χ1v) is 12.3. The molecule has 4 aromatic rings. The van der Waals surface area contributed by atoms with E-state index in [1.165, 1.54) is 10.4 Å². The molecule has 0 bridgehead atoms. The fourth-order valence-electron chi connectivity index (χ4n) is 4.41. The van der Waals surface area contributed by atoms with Gasteiger partial charge in [-0.05, 0) is 90.0 Å². The smallest absolute Gasteiger partial charge is 0.258 e. The lowest BCUT2D eigenvalue weighted by Crippen LogP contribution is -2.30. The van der Waals surface area contributed by atoms with Crippen LogP contribution in [0.15, 0.2) is 72.1 Å². The Hall–Kier alpha value is -3.41. The molecular formula is C28H23ClN2O2S. The van der Waals surface area contributed by atoms with Crippen molar-refractivity contribution >= 4 is 46.1 Å². The van der Waals surface area contributed by atoms with E-state index in [0.29, 0.717) is 28.4 Å². The summed E-state index contributed by atoms with van der Waals surface area (Å²) in [5, 5.41) is 5.62. The molecule has 5 rings (SSSR count). The van der Waals surface area contributed by atoms with Crippen LogP contribution in [-0.4, -0.2) is 11.8 Å². The summed E-state index contributed by atoms with van der Waals surface area (Å²) in [5.74, 6) is -0.253. The summed E-state index contributed by atoms with van der Waals surface area (Å²) in [5.41, 5.74) is 6.82. The van der Waals surface area contributed by atoms with Crippen molar-refractivity contribution in [2.24, 2.45) is 0 Å². The zero-order valence-electron chi connectivity index (χ0n) is 18.9. The monoisotopic (exact) mass is 486 g/mol. The Balaban J connectivity index is 1.42. The average Bonchev–Trinajstić information content (AvgIpc) is 3.17. The molecule has 1 aromatic heterocycles. The number of para-hydroxylation sites is 1. The molecule has 0 unspecified atom stereocenters. The summed E-state index contributed by atoms with van der Waals surface area (Å²) >= 11 is 7.70. The lowest BCUT2D eigenvalue weighted by atomic mass is 10.0. The van der Waals surface area contributed by atoms with E-state index in [1.807, 2.05) is 43.0 Å². The van der Waals surface area contributed by atoms with E-state index in [2.05, 4.69) is 22.8 Å². The van der Waals surface area contributed by atoms with Gasteiger partial charge in [0.25, 0.3) is 11.8 Å². The third kappa shape index (κ3) is 4.25. The maximum absolute atomic E-state index is 13.7. The van der Waals surface area contributed by atoms with Crippen LogP contribution in [0.5, 0.6) is 0 Å². The summed E-state index contributed by atoms with van der Waals surface area (Å²) in [7, 11) is 0. The number of fused-ring (bicyclic) bond motifs is 2. The van der Waals surface area contributed by atoms with E-state index in [0.717, 1.165) is 28.8 Å². The molecule has 0 aliphatic carbocycles. The highest BCUT2D eigenvalue weighted by atomic mass is 35.5. The van der Waals surface area contributed by atoms with Crippen LogP contribution < -0.4 is 10.2 Å². The molecule has 0 radical (unpaired) electrons. The quantitative estimate of drug-likeness (QED) is 0.338. The maximum atomic E-state index is 13.7. The Labute approximate surface area is 207 Å². The molecule has 0 saturated heterocycles. The largest absolute Gasteiger partial charge is 0.322 e. The number of nitrogens with one attached hydrogen (secondary N) is 1. The van der Waals surface area contributed by atoms with E-state index < -0.39 is 0 Å². The summed E-state index contributed by atoms with van der Waals surface area (Å²) in [6.07, 6.45) is 0.826. The topological polar surface area (TPSA) is 49.4 Å². The second kappa shape index (κ2) is 9.09. The predicted molar refractivity (Wildman–Crippen MR) is 139 cm³/mol. The van der Waals surface area contributed by atoms with Gasteiger partial charge in [0.2, 0.25) is 0 Å². The molecule has 1 N–H and O–H groups in total. The lowest BCUT2D eigenvalue weighted by Gasteiger charge is -2.24. The highest BCUT2D eigenvalue weighted by Gasteiger charge is 2.26. The van der Waals surface area contributed by atoms with Gasteiger partial charge in [-0.2, -0.15) is 0 Å². The van der Waals surface area contributed by atoms with Crippen molar-refractivity contribution < 1.29 is 9.59 Å². The zero-order valence-corrected chi connectivity index (χ0v) is 20.5. The number of amides is 2. The first kappa shape index (κ1) is 22.4. The molecule has 0 spiro atoms. The summed E-state index contributed by atoms with van der Waals surface area (Å²) < 4.78 is 0. The Bertz CT molecular complexity index is 1430. The second-order valence-corrected chi connectivity index (χ2v) is 9.95. The van der Waals surface area contributed by atoms with Crippen LogP contribution in [0.3, 0.4) is 0 Å². The number of thiophene rings is 1. The van der Waals surface area contributed by atoms with Gasteiger partial charge < -0.3 is 10.2 Å². The van der Waals surface area contributed by atoms with Crippen LogP contribution in [0.25, 0.3) is 0 Å². The van der Waals surface area contributed by atoms with Crippen molar-refractivity contribution in [2.45, 2.75) is 26.8 Å². The summed E-state index contributed by atoms with van der Waals surface area (Å²) in [4.78, 5) is 29.6. The van der Waals surface area contributed by atoms with Gasteiger partial charge in [-0.1, -0.05) is 29.8 Å². The maximum Gasteiger partial charge on any atom is 0.258 e. The van der Waals surface area contributed by atoms with Crippen LogP contribution in [0.2, 0.25) is 5.02 Å². The van der Waals surface area contributed by atoms with E-state index in [9.17, 15) is 9.59 Å². The Morgan fingerprint density at radius 3 is 2.47 bits per heavy atom. The van der Waals surface area contributed by atoms with E-state index in [1.54, 1.807) is 41.7 Å². The number of hydrogen-bond donors (Lipinski definition) is 1. The van der Waals surface area contributed by atoms with Crippen LogP contribution in [0.1, 0.15) is 47.8 Å². The molecule has 1 aliphatic rings. The van der Waals surface area contributed by atoms with E-state index in [-0.39, 0.29) is 11.8 Å². The first-order chi connectivity index (χ1) is 16.4. The predicted octanol–water partition coefficient (Wildman–Crippen LogP) is 7.02. The molecule has 2 heterocycles. The fourth-order valence-corrected chi connectivity index (χ4v) is 5.53. The normalized spacial score (nSPS) is 12.5. The van der Waals surface area contributed by atoms with Crippen molar-refractivity contribution in [1.29, 1.82) is 0 Å². The van der Waals surface area contributed by atoms with Crippen LogP contribution in [0.4, 0.5) is 11.4 Å². The molecule has 170 valence electrons. The number of nitrogens with zero attached hydrogens (tertiary/aromatic N) is 1. The van der Waals surface area contributed by atoms with Crippen LogP contribution in [-0.2, 0) is 13.0 Å². The van der Waals surface area contributed by atoms with Gasteiger partial charge >= 0.3 is 0 Å². The summed E-state index contributed by atoms with van der Waals surface area (Å²) in [6, 6.07) is 20.9. The van der Waals surface area contributed by atoms with Crippen molar-refractivity contribution in [3.05, 3.63) is 115 Å². The minimum absolute atomic E-state index is 0.0439. The van der Waals surface area contributed by atoms with Gasteiger partial charge in [0.05, 0.1) is 6.54 Å². The van der Waals surface area contributed by atoms with Gasteiger partial charge in [0.1, 0.15) is 0 Å². The number of hydrogen-bond acceptors (Lipinski definition) is 3. The number of rotatable bonds is 3. The number of aryl methyl sites for hydroxylation is 2. The Morgan fingerprint density at radius 2 is 1.68 bits per heavy atom. The third-order valence-electron chi connectivity index (χ3n) is 6.20. The summed E-state index contributed by atoms with van der Waals surface area (Å²) in [6.45, 7) is 4.30. The molecule has 1 aliphatic heterocycles. The van der Waals surface area contributed by atoms with Gasteiger partial charge in [0, 0.05) is 38.8 Å². The Kier molecular flexibility index (Phi) is 5.98. The van der Waals surface area contributed by atoms with Gasteiger partial charge in [-0.3, -0.25) is 9.59 Å². The average molecular weight is 487 g/mol. The number of halogens is 1. The van der Waals surface area contributed by atoms with Crippen LogP contribution >= 0.6 is 22.9 Å².